The molecule has 0 unspecified atom stereocenters. The molecule has 0 radical (unpaired) electrons. The maximum absolute atomic E-state index is 4.40. The van der Waals surface area contributed by atoms with Gasteiger partial charge in [0.2, 0.25) is 0 Å². The van der Waals surface area contributed by atoms with Gasteiger partial charge in [0.25, 0.3) is 0 Å². The van der Waals surface area contributed by atoms with Crippen LogP contribution < -0.4 is 5.32 Å². The summed E-state index contributed by atoms with van der Waals surface area (Å²) in [6.45, 7) is 1.11. The van der Waals surface area contributed by atoms with Gasteiger partial charge in [0.15, 0.2) is 0 Å². The van der Waals surface area contributed by atoms with Crippen LogP contribution in [-0.2, 0) is 0 Å². The monoisotopic (exact) mass is 304 g/mol. The Labute approximate surface area is 94.4 Å². The highest BCUT2D eigenvalue weighted by Gasteiger charge is 2.19. The predicted octanol–water partition coefficient (Wildman–Crippen LogP) is 3.03. The summed E-state index contributed by atoms with van der Waals surface area (Å²) in [6, 6.07) is 2.48. The van der Waals surface area contributed by atoms with Crippen molar-refractivity contribution in [1.29, 1.82) is 0 Å². The minimum absolute atomic E-state index is 0.433. The molecule has 4 heteroatoms. The van der Waals surface area contributed by atoms with Crippen LogP contribution in [0.15, 0.2) is 21.2 Å². The van der Waals surface area contributed by atoms with Crippen LogP contribution in [0.25, 0.3) is 0 Å². The van der Waals surface area contributed by atoms with Crippen LogP contribution in [0.2, 0.25) is 0 Å². The van der Waals surface area contributed by atoms with Crippen molar-refractivity contribution in [3.05, 3.63) is 26.9 Å². The number of rotatable bonds is 1. The third-order valence-electron chi connectivity index (χ3n) is 2.23. The molecule has 1 atom stereocenters. The second-order valence-electron chi connectivity index (χ2n) is 3.17. The standard InChI is InChI=1S/C9H10Br2N2/c10-6-4-7(11)9(13-5-6)8-2-1-3-12-8/h4-5,8,12H,1-3H2/t8-/m1/s1. The van der Waals surface area contributed by atoms with Gasteiger partial charge in [-0.3, -0.25) is 4.98 Å². The summed E-state index contributed by atoms with van der Waals surface area (Å²) in [5.74, 6) is 0. The van der Waals surface area contributed by atoms with Crippen molar-refractivity contribution < 1.29 is 0 Å². The van der Waals surface area contributed by atoms with Crippen LogP contribution >= 0.6 is 31.9 Å². The summed E-state index contributed by atoms with van der Waals surface area (Å²) >= 11 is 6.92. The Hall–Kier alpha value is 0.0700. The molecule has 1 aromatic heterocycles. The molecule has 1 aromatic rings. The Kier molecular flexibility index (Phi) is 3.01. The van der Waals surface area contributed by atoms with Gasteiger partial charge in [-0.25, -0.2) is 0 Å². The molecule has 70 valence electrons. The third-order valence-corrected chi connectivity index (χ3v) is 3.30. The summed E-state index contributed by atoms with van der Waals surface area (Å²) in [5.41, 5.74) is 1.13. The first kappa shape index (κ1) is 9.62. The van der Waals surface area contributed by atoms with Gasteiger partial charge in [0.1, 0.15) is 0 Å². The van der Waals surface area contributed by atoms with Crippen LogP contribution in [0.4, 0.5) is 0 Å². The fourth-order valence-corrected chi connectivity index (χ4v) is 2.86. The lowest BCUT2D eigenvalue weighted by Crippen LogP contribution is -2.14. The molecule has 13 heavy (non-hydrogen) atoms. The quantitative estimate of drug-likeness (QED) is 0.862. The number of aromatic nitrogens is 1. The number of hydrogen-bond donors (Lipinski definition) is 1. The molecule has 1 N–H and O–H groups in total. The van der Waals surface area contributed by atoms with Crippen LogP contribution in [0, 0.1) is 0 Å². The Morgan fingerprint density at radius 3 is 2.92 bits per heavy atom. The summed E-state index contributed by atoms with van der Waals surface area (Å²) in [4.78, 5) is 4.40. The van der Waals surface area contributed by atoms with E-state index in [1.165, 1.54) is 12.8 Å². The molecule has 1 fully saturated rings. The van der Waals surface area contributed by atoms with Gasteiger partial charge in [0, 0.05) is 15.1 Å². The first-order valence-corrected chi connectivity index (χ1v) is 5.90. The SMILES string of the molecule is Brc1cnc([C@H]2CCCN2)c(Br)c1. The van der Waals surface area contributed by atoms with Crippen LogP contribution in [-0.4, -0.2) is 11.5 Å². The zero-order valence-corrected chi connectivity index (χ0v) is 10.2. The Morgan fingerprint density at radius 1 is 1.46 bits per heavy atom. The summed E-state index contributed by atoms with van der Waals surface area (Å²) in [5, 5.41) is 3.43. The van der Waals surface area contributed by atoms with Crippen molar-refractivity contribution in [2.24, 2.45) is 0 Å². The van der Waals surface area contributed by atoms with E-state index >= 15 is 0 Å². The lowest BCUT2D eigenvalue weighted by molar-refractivity contribution is 0.624. The Morgan fingerprint density at radius 2 is 2.31 bits per heavy atom. The number of nitrogens with zero attached hydrogens (tertiary/aromatic N) is 1. The van der Waals surface area contributed by atoms with Crippen molar-refractivity contribution in [2.45, 2.75) is 18.9 Å². The highest BCUT2D eigenvalue weighted by Crippen LogP contribution is 2.29. The van der Waals surface area contributed by atoms with Gasteiger partial charge in [0.05, 0.1) is 11.7 Å². The molecule has 1 aliphatic rings. The van der Waals surface area contributed by atoms with E-state index in [-0.39, 0.29) is 0 Å². The summed E-state index contributed by atoms with van der Waals surface area (Å²) in [6.07, 6.45) is 4.28. The van der Waals surface area contributed by atoms with E-state index in [4.69, 9.17) is 0 Å². The predicted molar refractivity (Wildman–Crippen MR) is 59.6 cm³/mol. The highest BCUT2D eigenvalue weighted by atomic mass is 79.9. The molecule has 0 bridgehead atoms. The number of pyridine rings is 1. The molecule has 0 aliphatic carbocycles. The van der Waals surface area contributed by atoms with Crippen LogP contribution in [0.1, 0.15) is 24.6 Å². The Bertz CT molecular complexity index is 308. The van der Waals surface area contributed by atoms with E-state index in [1.54, 1.807) is 0 Å². The minimum Gasteiger partial charge on any atom is -0.309 e. The normalized spacial score (nSPS) is 22.2. The van der Waals surface area contributed by atoms with E-state index in [9.17, 15) is 0 Å². The molecule has 0 saturated carbocycles. The van der Waals surface area contributed by atoms with Gasteiger partial charge in [-0.1, -0.05) is 0 Å². The smallest absolute Gasteiger partial charge is 0.0715 e. The second kappa shape index (κ2) is 4.07. The summed E-state index contributed by atoms with van der Waals surface area (Å²) < 4.78 is 2.10. The highest BCUT2D eigenvalue weighted by molar-refractivity contribution is 9.11. The fraction of sp³-hybridized carbons (Fsp3) is 0.444. The first-order chi connectivity index (χ1) is 6.27. The van der Waals surface area contributed by atoms with E-state index in [0.29, 0.717) is 6.04 Å². The van der Waals surface area contributed by atoms with E-state index < -0.39 is 0 Å². The summed E-state index contributed by atoms with van der Waals surface area (Å²) in [7, 11) is 0. The van der Waals surface area contributed by atoms with Crippen molar-refractivity contribution in [3.8, 4) is 0 Å². The van der Waals surface area contributed by atoms with E-state index in [2.05, 4.69) is 42.2 Å². The molecule has 1 aliphatic heterocycles. The average Bonchev–Trinajstić information content (AvgIpc) is 2.56. The van der Waals surface area contributed by atoms with Crippen molar-refractivity contribution in [1.82, 2.24) is 10.3 Å². The largest absolute Gasteiger partial charge is 0.309 e. The average molecular weight is 306 g/mol. The van der Waals surface area contributed by atoms with E-state index in [1.807, 2.05) is 12.3 Å². The molecular weight excluding hydrogens is 296 g/mol. The maximum Gasteiger partial charge on any atom is 0.0715 e. The number of halogens is 2. The molecule has 2 nitrogen and oxygen atoms in total. The van der Waals surface area contributed by atoms with Gasteiger partial charge in [-0.2, -0.15) is 0 Å². The zero-order valence-electron chi connectivity index (χ0n) is 7.06. The molecular formula is C9H10Br2N2. The number of hydrogen-bond acceptors (Lipinski definition) is 2. The molecule has 0 amide bonds. The lowest BCUT2D eigenvalue weighted by atomic mass is 10.1. The number of nitrogens with one attached hydrogen (secondary N) is 1. The first-order valence-electron chi connectivity index (χ1n) is 4.31. The van der Waals surface area contributed by atoms with Crippen LogP contribution in [0.5, 0.6) is 0 Å². The fourth-order valence-electron chi connectivity index (χ4n) is 1.60. The minimum atomic E-state index is 0.433. The topological polar surface area (TPSA) is 24.9 Å². The van der Waals surface area contributed by atoms with Gasteiger partial charge in [-0.05, 0) is 57.3 Å². The molecule has 0 spiro atoms. The third kappa shape index (κ3) is 2.11. The Balaban J connectivity index is 2.29. The molecule has 0 aromatic carbocycles. The van der Waals surface area contributed by atoms with Gasteiger partial charge in [-0.15, -0.1) is 0 Å². The van der Waals surface area contributed by atoms with Gasteiger partial charge < -0.3 is 5.32 Å². The molecule has 1 saturated heterocycles. The second-order valence-corrected chi connectivity index (χ2v) is 4.94. The zero-order chi connectivity index (χ0) is 9.26. The lowest BCUT2D eigenvalue weighted by Gasteiger charge is -2.11. The van der Waals surface area contributed by atoms with Crippen molar-refractivity contribution in [3.63, 3.8) is 0 Å². The van der Waals surface area contributed by atoms with E-state index in [0.717, 1.165) is 21.2 Å². The maximum atomic E-state index is 4.40. The molecule has 2 heterocycles. The van der Waals surface area contributed by atoms with Crippen molar-refractivity contribution >= 4 is 31.9 Å². The van der Waals surface area contributed by atoms with Crippen LogP contribution in [0.3, 0.4) is 0 Å². The van der Waals surface area contributed by atoms with Crippen molar-refractivity contribution in [2.75, 3.05) is 6.54 Å². The van der Waals surface area contributed by atoms with Gasteiger partial charge >= 0.3 is 0 Å². The molecule has 2 rings (SSSR count).